The molecule has 130 valence electrons. The second-order valence-electron chi connectivity index (χ2n) is 5.52. The first kappa shape index (κ1) is 18.3. The van der Waals surface area contributed by atoms with Crippen molar-refractivity contribution in [2.24, 2.45) is 5.73 Å². The summed E-state index contributed by atoms with van der Waals surface area (Å²) in [6.45, 7) is 4.97. The van der Waals surface area contributed by atoms with Crippen LogP contribution in [-0.4, -0.2) is 29.0 Å². The number of nitrogens with one attached hydrogen (secondary N) is 2. The number of aromatic amines is 1. The lowest BCUT2D eigenvalue weighted by molar-refractivity contribution is 0.0934. The van der Waals surface area contributed by atoms with Crippen molar-refractivity contribution in [2.75, 3.05) is 13.2 Å². The van der Waals surface area contributed by atoms with E-state index in [-0.39, 0.29) is 11.9 Å². The van der Waals surface area contributed by atoms with E-state index < -0.39 is 0 Å². The lowest BCUT2D eigenvalue weighted by Gasteiger charge is -2.15. The minimum absolute atomic E-state index is 0.176. The van der Waals surface area contributed by atoms with Gasteiger partial charge in [-0.1, -0.05) is 18.5 Å². The molecular weight excluding hydrogens is 328 g/mol. The Morgan fingerprint density at radius 1 is 1.50 bits per heavy atom. The van der Waals surface area contributed by atoms with Crippen molar-refractivity contribution in [3.8, 4) is 5.75 Å². The Morgan fingerprint density at radius 2 is 2.29 bits per heavy atom. The maximum Gasteiger partial charge on any atom is 0.251 e. The summed E-state index contributed by atoms with van der Waals surface area (Å²) in [5.41, 5.74) is 6.87. The van der Waals surface area contributed by atoms with Crippen LogP contribution in [0.1, 0.15) is 47.7 Å². The number of hydrogen-bond acceptors (Lipinski definition) is 4. The lowest BCUT2D eigenvalue weighted by Crippen LogP contribution is -2.28. The summed E-state index contributed by atoms with van der Waals surface area (Å²) in [4.78, 5) is 19.9. The molecule has 0 fully saturated rings. The van der Waals surface area contributed by atoms with Gasteiger partial charge in [-0.05, 0) is 44.5 Å². The molecular formula is C17H23ClN4O2. The van der Waals surface area contributed by atoms with Crippen LogP contribution in [-0.2, 0) is 0 Å². The highest BCUT2D eigenvalue weighted by Crippen LogP contribution is 2.26. The number of aromatic nitrogens is 2. The molecule has 0 radical (unpaired) electrons. The summed E-state index contributed by atoms with van der Waals surface area (Å²) in [6, 6.07) is 4.82. The van der Waals surface area contributed by atoms with Crippen molar-refractivity contribution >= 4 is 17.5 Å². The molecule has 1 unspecified atom stereocenters. The minimum Gasteiger partial charge on any atom is -0.492 e. The number of imidazole rings is 1. The monoisotopic (exact) mass is 350 g/mol. The van der Waals surface area contributed by atoms with Crippen LogP contribution in [0.4, 0.5) is 0 Å². The predicted molar refractivity (Wildman–Crippen MR) is 94.4 cm³/mol. The summed E-state index contributed by atoms with van der Waals surface area (Å²) in [7, 11) is 0. The fraction of sp³-hybridized carbons (Fsp3) is 0.412. The molecule has 0 aliphatic rings. The fourth-order valence-corrected chi connectivity index (χ4v) is 2.48. The van der Waals surface area contributed by atoms with Gasteiger partial charge in [-0.15, -0.1) is 0 Å². The zero-order valence-electron chi connectivity index (χ0n) is 13.9. The van der Waals surface area contributed by atoms with Crippen LogP contribution in [0.2, 0.25) is 5.02 Å². The third-order valence-electron chi connectivity index (χ3n) is 3.57. The molecule has 1 amide bonds. The van der Waals surface area contributed by atoms with E-state index >= 15 is 0 Å². The Morgan fingerprint density at radius 3 is 2.88 bits per heavy atom. The third-order valence-corrected chi connectivity index (χ3v) is 3.86. The number of ether oxygens (including phenoxy) is 1. The minimum atomic E-state index is -0.202. The molecule has 1 aromatic heterocycles. The Bertz CT molecular complexity index is 687. The number of rotatable bonds is 8. The largest absolute Gasteiger partial charge is 0.492 e. The Balaban J connectivity index is 2.04. The van der Waals surface area contributed by atoms with E-state index in [1.807, 2.05) is 13.8 Å². The Labute approximate surface area is 146 Å². The predicted octanol–water partition coefficient (Wildman–Crippen LogP) is 2.98. The highest BCUT2D eigenvalue weighted by Gasteiger charge is 2.17. The molecule has 24 heavy (non-hydrogen) atoms. The van der Waals surface area contributed by atoms with Crippen LogP contribution in [0.25, 0.3) is 0 Å². The molecule has 1 heterocycles. The molecule has 0 aliphatic heterocycles. The highest BCUT2D eigenvalue weighted by molar-refractivity contribution is 6.32. The number of benzene rings is 1. The molecule has 0 spiro atoms. The summed E-state index contributed by atoms with van der Waals surface area (Å²) in [5.74, 6) is 1.10. The molecule has 1 aromatic carbocycles. The average Bonchev–Trinajstić information content (AvgIpc) is 3.00. The van der Waals surface area contributed by atoms with Crippen molar-refractivity contribution in [3.05, 3.63) is 46.5 Å². The topological polar surface area (TPSA) is 93.0 Å². The number of nitrogens with two attached hydrogens (primary N) is 1. The smallest absolute Gasteiger partial charge is 0.251 e. The molecule has 6 nitrogen and oxygen atoms in total. The van der Waals surface area contributed by atoms with Crippen LogP contribution in [0.5, 0.6) is 5.75 Å². The van der Waals surface area contributed by atoms with Gasteiger partial charge in [0.1, 0.15) is 11.6 Å². The number of amides is 1. The standard InChI is InChI=1S/C17H23ClN4O2/c1-3-14(16-20-10-11(2)21-16)22-17(23)12-5-6-15(13(18)9-12)24-8-4-7-19/h5-6,9-10,14H,3-4,7-8,19H2,1-2H3,(H,20,21)(H,22,23). The molecule has 0 bridgehead atoms. The maximum atomic E-state index is 12.4. The molecule has 0 saturated heterocycles. The van der Waals surface area contributed by atoms with Gasteiger partial charge in [0, 0.05) is 17.5 Å². The van der Waals surface area contributed by atoms with Crippen molar-refractivity contribution in [1.82, 2.24) is 15.3 Å². The van der Waals surface area contributed by atoms with Gasteiger partial charge in [0.25, 0.3) is 5.91 Å². The maximum absolute atomic E-state index is 12.4. The number of H-pyrrole nitrogens is 1. The van der Waals surface area contributed by atoms with Gasteiger partial charge in [-0.2, -0.15) is 0 Å². The third kappa shape index (κ3) is 4.72. The number of carbonyl (C=O) groups is 1. The first-order valence-corrected chi connectivity index (χ1v) is 8.37. The molecule has 0 saturated carbocycles. The van der Waals surface area contributed by atoms with E-state index in [0.29, 0.717) is 29.5 Å². The van der Waals surface area contributed by atoms with Crippen LogP contribution in [0.3, 0.4) is 0 Å². The second kappa shape index (κ2) is 8.70. The average molecular weight is 351 g/mol. The van der Waals surface area contributed by atoms with Crippen molar-refractivity contribution < 1.29 is 9.53 Å². The second-order valence-corrected chi connectivity index (χ2v) is 5.93. The lowest BCUT2D eigenvalue weighted by atomic mass is 10.1. The number of halogens is 1. The van der Waals surface area contributed by atoms with E-state index in [1.54, 1.807) is 24.4 Å². The van der Waals surface area contributed by atoms with E-state index in [2.05, 4.69) is 15.3 Å². The normalized spacial score (nSPS) is 12.0. The number of carbonyl (C=O) groups excluding carboxylic acids is 1. The van der Waals surface area contributed by atoms with Gasteiger partial charge in [-0.3, -0.25) is 4.79 Å². The summed E-state index contributed by atoms with van der Waals surface area (Å²) >= 11 is 6.19. The van der Waals surface area contributed by atoms with Gasteiger partial charge >= 0.3 is 0 Å². The number of aryl methyl sites for hydroxylation is 1. The molecule has 7 heteroatoms. The van der Waals surface area contributed by atoms with E-state index in [0.717, 1.165) is 24.4 Å². The van der Waals surface area contributed by atoms with Gasteiger partial charge in [0.05, 0.1) is 17.7 Å². The first-order chi connectivity index (χ1) is 11.5. The van der Waals surface area contributed by atoms with Gasteiger partial charge in [0.2, 0.25) is 0 Å². The summed E-state index contributed by atoms with van der Waals surface area (Å²) in [6.07, 6.45) is 3.22. The van der Waals surface area contributed by atoms with E-state index in [1.165, 1.54) is 0 Å². The van der Waals surface area contributed by atoms with Crippen molar-refractivity contribution in [3.63, 3.8) is 0 Å². The van der Waals surface area contributed by atoms with Crippen LogP contribution in [0, 0.1) is 6.92 Å². The first-order valence-electron chi connectivity index (χ1n) is 8.00. The van der Waals surface area contributed by atoms with Crippen LogP contribution < -0.4 is 15.8 Å². The van der Waals surface area contributed by atoms with E-state index in [4.69, 9.17) is 22.1 Å². The molecule has 1 atom stereocenters. The quantitative estimate of drug-likeness (QED) is 0.638. The number of hydrogen-bond donors (Lipinski definition) is 3. The summed E-state index contributed by atoms with van der Waals surface area (Å²) < 4.78 is 5.53. The van der Waals surface area contributed by atoms with Crippen LogP contribution in [0.15, 0.2) is 24.4 Å². The van der Waals surface area contributed by atoms with Crippen LogP contribution >= 0.6 is 11.6 Å². The SMILES string of the molecule is CCC(NC(=O)c1ccc(OCCCN)c(Cl)c1)c1ncc(C)[nH]1. The van der Waals surface area contributed by atoms with Gasteiger partial charge in [-0.25, -0.2) is 4.98 Å². The molecule has 0 aliphatic carbocycles. The van der Waals surface area contributed by atoms with Crippen molar-refractivity contribution in [1.29, 1.82) is 0 Å². The molecule has 4 N–H and O–H groups in total. The highest BCUT2D eigenvalue weighted by atomic mass is 35.5. The molecule has 2 rings (SSSR count). The Hall–Kier alpha value is -2.05. The molecule has 2 aromatic rings. The summed E-state index contributed by atoms with van der Waals surface area (Å²) in [5, 5.41) is 3.37. The Kier molecular flexibility index (Phi) is 6.63. The fourth-order valence-electron chi connectivity index (χ4n) is 2.24. The number of nitrogens with zero attached hydrogens (tertiary/aromatic N) is 1. The zero-order valence-corrected chi connectivity index (χ0v) is 14.7. The zero-order chi connectivity index (χ0) is 17.5. The van der Waals surface area contributed by atoms with E-state index in [9.17, 15) is 4.79 Å². The van der Waals surface area contributed by atoms with Crippen molar-refractivity contribution in [2.45, 2.75) is 32.7 Å². The van der Waals surface area contributed by atoms with Gasteiger partial charge in [0.15, 0.2) is 0 Å². The van der Waals surface area contributed by atoms with Gasteiger partial charge < -0.3 is 20.8 Å².